The maximum absolute atomic E-state index is 13.1. The summed E-state index contributed by atoms with van der Waals surface area (Å²) in [5.74, 6) is -0.618. The molecule has 144 valence electrons. The largest absolute Gasteiger partial charge is 0.352 e. The molecule has 6 heteroatoms. The quantitative estimate of drug-likeness (QED) is 0.686. The number of halogens is 1. The van der Waals surface area contributed by atoms with Crippen LogP contribution in [0.4, 0.5) is 4.39 Å². The second kappa shape index (κ2) is 9.08. The van der Waals surface area contributed by atoms with E-state index in [2.05, 4.69) is 22.5 Å². The summed E-state index contributed by atoms with van der Waals surface area (Å²) in [4.78, 5) is 24.4. The molecule has 0 bridgehead atoms. The highest BCUT2D eigenvalue weighted by Crippen LogP contribution is 2.15. The van der Waals surface area contributed by atoms with E-state index in [1.54, 1.807) is 18.2 Å². The second-order valence-corrected chi connectivity index (χ2v) is 6.71. The standard InChI is InChI=1S/C22H22FN3O2/c1-16(7-8-17-5-3-2-4-6-17)24-21(27)15-26-22(28)14-13-20(25-26)18-9-11-19(23)12-10-18/h2-6,9-14,16H,7-8,15H2,1H3,(H,24,27)/t16-/m1/s1. The van der Waals surface area contributed by atoms with E-state index in [9.17, 15) is 14.0 Å². The molecule has 28 heavy (non-hydrogen) atoms. The third-order valence-electron chi connectivity index (χ3n) is 4.42. The van der Waals surface area contributed by atoms with Gasteiger partial charge in [-0.05, 0) is 55.7 Å². The molecule has 1 aromatic heterocycles. The van der Waals surface area contributed by atoms with Crippen LogP contribution in [0.2, 0.25) is 0 Å². The van der Waals surface area contributed by atoms with Crippen molar-refractivity contribution < 1.29 is 9.18 Å². The van der Waals surface area contributed by atoms with Crippen molar-refractivity contribution in [1.29, 1.82) is 0 Å². The average Bonchev–Trinajstić information content (AvgIpc) is 2.69. The molecule has 0 radical (unpaired) electrons. The van der Waals surface area contributed by atoms with E-state index in [0.717, 1.165) is 17.5 Å². The van der Waals surface area contributed by atoms with Crippen molar-refractivity contribution in [3.8, 4) is 11.3 Å². The lowest BCUT2D eigenvalue weighted by Crippen LogP contribution is -2.38. The monoisotopic (exact) mass is 379 g/mol. The SMILES string of the molecule is C[C@H](CCc1ccccc1)NC(=O)Cn1nc(-c2ccc(F)cc2)ccc1=O. The number of rotatable bonds is 7. The summed E-state index contributed by atoms with van der Waals surface area (Å²) in [6.07, 6.45) is 1.66. The molecule has 2 aromatic carbocycles. The summed E-state index contributed by atoms with van der Waals surface area (Å²) < 4.78 is 14.2. The molecule has 1 N–H and O–H groups in total. The van der Waals surface area contributed by atoms with Crippen molar-refractivity contribution in [3.63, 3.8) is 0 Å². The zero-order valence-electron chi connectivity index (χ0n) is 15.6. The molecule has 0 aliphatic heterocycles. The number of nitrogens with one attached hydrogen (secondary N) is 1. The normalized spacial score (nSPS) is 11.8. The molecule has 1 amide bonds. The molecule has 1 atom stereocenters. The Balaban J connectivity index is 1.61. The summed E-state index contributed by atoms with van der Waals surface area (Å²) >= 11 is 0. The van der Waals surface area contributed by atoms with Crippen LogP contribution >= 0.6 is 0 Å². The Morgan fingerprint density at radius 3 is 2.50 bits per heavy atom. The molecule has 0 saturated carbocycles. The van der Waals surface area contributed by atoms with Crippen LogP contribution in [0.3, 0.4) is 0 Å². The van der Waals surface area contributed by atoms with E-state index in [0.29, 0.717) is 11.3 Å². The number of carbonyl (C=O) groups excluding carboxylic acids is 1. The summed E-state index contributed by atoms with van der Waals surface area (Å²) in [6.45, 7) is 1.77. The third kappa shape index (κ3) is 5.36. The summed E-state index contributed by atoms with van der Waals surface area (Å²) in [7, 11) is 0. The van der Waals surface area contributed by atoms with Crippen LogP contribution < -0.4 is 10.9 Å². The fourth-order valence-corrected chi connectivity index (χ4v) is 2.89. The number of carbonyl (C=O) groups is 1. The molecule has 0 aliphatic rings. The molecule has 0 fully saturated rings. The van der Waals surface area contributed by atoms with Gasteiger partial charge in [-0.3, -0.25) is 9.59 Å². The predicted molar refractivity (Wildman–Crippen MR) is 106 cm³/mol. The minimum absolute atomic E-state index is 0.0244. The highest BCUT2D eigenvalue weighted by atomic mass is 19.1. The predicted octanol–water partition coefficient (Wildman–Crippen LogP) is 3.19. The lowest BCUT2D eigenvalue weighted by molar-refractivity contribution is -0.122. The lowest BCUT2D eigenvalue weighted by Gasteiger charge is -2.14. The Kier molecular flexibility index (Phi) is 6.32. The summed E-state index contributed by atoms with van der Waals surface area (Å²) in [6, 6.07) is 18.8. The highest BCUT2D eigenvalue weighted by molar-refractivity contribution is 5.76. The number of aryl methyl sites for hydroxylation is 1. The van der Waals surface area contributed by atoms with Crippen LogP contribution in [-0.4, -0.2) is 21.7 Å². The van der Waals surface area contributed by atoms with Crippen LogP contribution in [0.15, 0.2) is 71.5 Å². The smallest absolute Gasteiger partial charge is 0.267 e. The Bertz CT molecular complexity index is 985. The van der Waals surface area contributed by atoms with E-state index in [-0.39, 0.29) is 29.9 Å². The fraction of sp³-hybridized carbons (Fsp3) is 0.227. The molecular formula is C22H22FN3O2. The van der Waals surface area contributed by atoms with Gasteiger partial charge in [-0.15, -0.1) is 0 Å². The van der Waals surface area contributed by atoms with E-state index in [1.165, 1.54) is 23.8 Å². The Morgan fingerprint density at radius 1 is 1.07 bits per heavy atom. The van der Waals surface area contributed by atoms with Gasteiger partial charge in [0, 0.05) is 17.7 Å². The van der Waals surface area contributed by atoms with Crippen LogP contribution in [-0.2, 0) is 17.8 Å². The van der Waals surface area contributed by atoms with Gasteiger partial charge in [0.05, 0.1) is 5.69 Å². The Morgan fingerprint density at radius 2 is 1.79 bits per heavy atom. The van der Waals surface area contributed by atoms with Gasteiger partial charge in [-0.1, -0.05) is 30.3 Å². The molecule has 0 unspecified atom stereocenters. The summed E-state index contributed by atoms with van der Waals surface area (Å²) in [5.41, 5.74) is 2.03. The van der Waals surface area contributed by atoms with Crippen molar-refractivity contribution in [2.75, 3.05) is 0 Å². The first kappa shape index (κ1) is 19.5. The van der Waals surface area contributed by atoms with Gasteiger partial charge in [0.1, 0.15) is 12.4 Å². The molecule has 0 aliphatic carbocycles. The number of aromatic nitrogens is 2. The molecule has 0 saturated heterocycles. The Labute approximate surface area is 162 Å². The first-order valence-electron chi connectivity index (χ1n) is 9.18. The molecule has 3 aromatic rings. The van der Waals surface area contributed by atoms with E-state index >= 15 is 0 Å². The van der Waals surface area contributed by atoms with Crippen molar-refractivity contribution in [3.05, 3.63) is 88.5 Å². The number of amides is 1. The molecule has 3 rings (SSSR count). The molecular weight excluding hydrogens is 357 g/mol. The molecule has 1 heterocycles. The average molecular weight is 379 g/mol. The third-order valence-corrected chi connectivity index (χ3v) is 4.42. The zero-order chi connectivity index (χ0) is 19.9. The van der Waals surface area contributed by atoms with Gasteiger partial charge in [-0.2, -0.15) is 5.10 Å². The zero-order valence-corrected chi connectivity index (χ0v) is 15.6. The summed E-state index contributed by atoms with van der Waals surface area (Å²) in [5, 5.41) is 7.14. The number of hydrogen-bond acceptors (Lipinski definition) is 3. The first-order chi connectivity index (χ1) is 13.5. The first-order valence-corrected chi connectivity index (χ1v) is 9.18. The van der Waals surface area contributed by atoms with Gasteiger partial charge < -0.3 is 5.32 Å². The minimum Gasteiger partial charge on any atom is -0.352 e. The number of benzene rings is 2. The Hall–Kier alpha value is -3.28. The maximum atomic E-state index is 13.1. The molecule has 5 nitrogen and oxygen atoms in total. The topological polar surface area (TPSA) is 64.0 Å². The van der Waals surface area contributed by atoms with Crippen molar-refractivity contribution >= 4 is 5.91 Å². The van der Waals surface area contributed by atoms with Crippen LogP contribution in [0, 0.1) is 5.82 Å². The van der Waals surface area contributed by atoms with Crippen LogP contribution in [0.25, 0.3) is 11.3 Å². The van der Waals surface area contributed by atoms with Gasteiger partial charge in [0.25, 0.3) is 5.56 Å². The van der Waals surface area contributed by atoms with Gasteiger partial charge in [-0.25, -0.2) is 9.07 Å². The van der Waals surface area contributed by atoms with E-state index in [4.69, 9.17) is 0 Å². The van der Waals surface area contributed by atoms with Crippen molar-refractivity contribution in [2.24, 2.45) is 0 Å². The lowest BCUT2D eigenvalue weighted by atomic mass is 10.1. The van der Waals surface area contributed by atoms with Gasteiger partial charge in [0.15, 0.2) is 0 Å². The second-order valence-electron chi connectivity index (χ2n) is 6.71. The molecule has 0 spiro atoms. The van der Waals surface area contributed by atoms with E-state index in [1.807, 2.05) is 25.1 Å². The fourth-order valence-electron chi connectivity index (χ4n) is 2.89. The minimum atomic E-state index is -0.363. The van der Waals surface area contributed by atoms with Crippen molar-refractivity contribution in [2.45, 2.75) is 32.4 Å². The van der Waals surface area contributed by atoms with Gasteiger partial charge in [0.2, 0.25) is 5.91 Å². The maximum Gasteiger partial charge on any atom is 0.267 e. The van der Waals surface area contributed by atoms with Crippen LogP contribution in [0.5, 0.6) is 0 Å². The van der Waals surface area contributed by atoms with Gasteiger partial charge >= 0.3 is 0 Å². The van der Waals surface area contributed by atoms with Crippen LogP contribution in [0.1, 0.15) is 18.9 Å². The van der Waals surface area contributed by atoms with E-state index < -0.39 is 0 Å². The number of hydrogen-bond donors (Lipinski definition) is 1. The van der Waals surface area contributed by atoms with Crippen molar-refractivity contribution in [1.82, 2.24) is 15.1 Å². The highest BCUT2D eigenvalue weighted by Gasteiger charge is 2.11. The number of nitrogens with zero attached hydrogens (tertiary/aromatic N) is 2.